The maximum atomic E-state index is 13.1. The van der Waals surface area contributed by atoms with Crippen LogP contribution in [-0.2, 0) is 13.0 Å². The van der Waals surface area contributed by atoms with E-state index in [0.717, 1.165) is 48.7 Å². The van der Waals surface area contributed by atoms with Crippen LogP contribution in [0.2, 0.25) is 5.02 Å². The van der Waals surface area contributed by atoms with Crippen molar-refractivity contribution in [2.24, 2.45) is 5.41 Å². The molecule has 1 atom stereocenters. The molecule has 214 valence electrons. The van der Waals surface area contributed by atoms with Crippen LogP contribution in [0.5, 0.6) is 0 Å². The average Bonchev–Trinajstić information content (AvgIpc) is 3.47. The summed E-state index contributed by atoms with van der Waals surface area (Å²) in [5.74, 6) is 0.751. The van der Waals surface area contributed by atoms with Crippen molar-refractivity contribution in [2.75, 3.05) is 18.0 Å². The van der Waals surface area contributed by atoms with E-state index >= 15 is 0 Å². The number of amides is 1. The highest BCUT2D eigenvalue weighted by molar-refractivity contribution is 7.99. The van der Waals surface area contributed by atoms with Gasteiger partial charge in [0.15, 0.2) is 0 Å². The molecule has 1 aliphatic carbocycles. The normalized spacial score (nSPS) is 18.1. The molecule has 0 unspecified atom stereocenters. The molecular weight excluding hydrogens is 586 g/mol. The number of carboxylic acid groups (broad SMARTS) is 1. The molecule has 1 aromatic carbocycles. The second-order valence-electron chi connectivity index (χ2n) is 11.1. The first kappa shape index (κ1) is 27.9. The predicted octanol–water partition coefficient (Wildman–Crippen LogP) is 4.37. The Labute approximate surface area is 248 Å². The molecule has 1 aliphatic heterocycles. The number of fused-ring (bicyclic) bond motifs is 2. The van der Waals surface area contributed by atoms with E-state index in [-0.39, 0.29) is 28.6 Å². The standard InChI is InChI=1S/C27H28ClN7O4S2/c1-26(2,39)12-35-13-31-15-3-4-17(21(28)20(15)24(35)36)41-19-11-29-18(10-30-19)34-7-5-27(6-8-34)9-16-22(40-14-32-16)23(27)33-25(37)38/h3-4,10-11,13-14,23,33,39H,5-9,12H2,1-2H3,(H,37,38)/t23-/m0/s1. The average molecular weight is 614 g/mol. The van der Waals surface area contributed by atoms with Crippen molar-refractivity contribution >= 4 is 57.5 Å². The lowest BCUT2D eigenvalue weighted by Crippen LogP contribution is -2.46. The highest BCUT2D eigenvalue weighted by Gasteiger charge is 2.50. The van der Waals surface area contributed by atoms with Gasteiger partial charge in [-0.1, -0.05) is 23.4 Å². The fraction of sp³-hybridized carbons (Fsp3) is 0.407. The summed E-state index contributed by atoms with van der Waals surface area (Å²) in [5.41, 5.74) is 1.69. The summed E-state index contributed by atoms with van der Waals surface area (Å²) in [5, 5.41) is 23.6. The van der Waals surface area contributed by atoms with E-state index in [1.54, 1.807) is 43.9 Å². The lowest BCUT2D eigenvalue weighted by atomic mass is 9.73. The van der Waals surface area contributed by atoms with Crippen molar-refractivity contribution < 1.29 is 15.0 Å². The third kappa shape index (κ3) is 5.39. The highest BCUT2D eigenvalue weighted by Crippen LogP contribution is 2.53. The summed E-state index contributed by atoms with van der Waals surface area (Å²) in [7, 11) is 0. The SMILES string of the molecule is CC(C)(O)Cn1cnc2ccc(Sc3cnc(N4CCC5(CC4)Cc4ncsc4[C@@H]5NC(=O)O)cn3)c(Cl)c2c1=O. The molecule has 3 N–H and O–H groups in total. The van der Waals surface area contributed by atoms with E-state index in [2.05, 4.69) is 30.2 Å². The minimum atomic E-state index is -1.08. The molecule has 4 heterocycles. The molecule has 0 bridgehead atoms. The highest BCUT2D eigenvalue weighted by atomic mass is 35.5. The van der Waals surface area contributed by atoms with Crippen molar-refractivity contribution in [2.45, 2.75) is 61.2 Å². The number of aliphatic hydroxyl groups is 1. The van der Waals surface area contributed by atoms with Gasteiger partial charge in [-0.2, -0.15) is 0 Å². The number of piperidine rings is 1. The maximum Gasteiger partial charge on any atom is 0.405 e. The molecule has 41 heavy (non-hydrogen) atoms. The Morgan fingerprint density at radius 2 is 2.00 bits per heavy atom. The van der Waals surface area contributed by atoms with Crippen LogP contribution in [0.4, 0.5) is 10.6 Å². The number of rotatable bonds is 6. The Morgan fingerprint density at radius 1 is 1.22 bits per heavy atom. The largest absolute Gasteiger partial charge is 0.465 e. The lowest BCUT2D eigenvalue weighted by Gasteiger charge is -2.43. The van der Waals surface area contributed by atoms with E-state index in [9.17, 15) is 19.8 Å². The first-order valence-electron chi connectivity index (χ1n) is 13.1. The second kappa shape index (κ2) is 10.5. The van der Waals surface area contributed by atoms with Crippen LogP contribution < -0.4 is 15.8 Å². The molecule has 6 rings (SSSR count). The van der Waals surface area contributed by atoms with Crippen molar-refractivity contribution in [3.05, 3.63) is 62.3 Å². The summed E-state index contributed by atoms with van der Waals surface area (Å²) >= 11 is 9.51. The fourth-order valence-corrected chi connectivity index (χ4v) is 7.90. The molecule has 2 aliphatic rings. The number of aromatic nitrogens is 5. The van der Waals surface area contributed by atoms with Crippen molar-refractivity contribution in [1.29, 1.82) is 0 Å². The van der Waals surface area contributed by atoms with Crippen molar-refractivity contribution in [3.63, 3.8) is 0 Å². The molecule has 1 spiro atoms. The fourth-order valence-electron chi connectivity index (χ4n) is 5.78. The Balaban J connectivity index is 1.16. The minimum absolute atomic E-state index is 0.0928. The molecule has 3 aromatic heterocycles. The first-order chi connectivity index (χ1) is 19.5. The zero-order valence-electron chi connectivity index (χ0n) is 22.4. The van der Waals surface area contributed by atoms with Gasteiger partial charge in [0.05, 0.1) is 68.9 Å². The van der Waals surface area contributed by atoms with Crippen LogP contribution >= 0.6 is 34.7 Å². The monoisotopic (exact) mass is 613 g/mol. The van der Waals surface area contributed by atoms with Gasteiger partial charge in [-0.25, -0.2) is 24.7 Å². The van der Waals surface area contributed by atoms with Crippen LogP contribution in [0.3, 0.4) is 0 Å². The summed E-state index contributed by atoms with van der Waals surface area (Å²) in [6, 6.07) is 3.31. The Bertz CT molecular complexity index is 1680. The number of benzene rings is 1. The molecule has 0 radical (unpaired) electrons. The summed E-state index contributed by atoms with van der Waals surface area (Å²) < 4.78 is 1.36. The molecule has 1 amide bonds. The number of nitrogens with zero attached hydrogens (tertiary/aromatic N) is 6. The number of nitrogens with one attached hydrogen (secondary N) is 1. The van der Waals surface area contributed by atoms with E-state index in [0.29, 0.717) is 20.8 Å². The van der Waals surface area contributed by atoms with Gasteiger partial charge in [-0.05, 0) is 45.2 Å². The van der Waals surface area contributed by atoms with Gasteiger partial charge in [0, 0.05) is 23.4 Å². The van der Waals surface area contributed by atoms with Crippen molar-refractivity contribution in [3.8, 4) is 0 Å². The molecule has 1 fully saturated rings. The quantitative estimate of drug-likeness (QED) is 0.286. The van der Waals surface area contributed by atoms with Gasteiger partial charge in [0.25, 0.3) is 5.56 Å². The maximum absolute atomic E-state index is 13.1. The van der Waals surface area contributed by atoms with Crippen molar-refractivity contribution in [1.82, 2.24) is 29.8 Å². The smallest absolute Gasteiger partial charge is 0.405 e. The summed E-state index contributed by atoms with van der Waals surface area (Å²) in [4.78, 5) is 46.6. The van der Waals surface area contributed by atoms with Crippen LogP contribution in [0, 0.1) is 5.41 Å². The molecule has 14 heteroatoms. The van der Waals surface area contributed by atoms with Gasteiger partial charge < -0.3 is 20.4 Å². The van der Waals surface area contributed by atoms with Crippen LogP contribution in [0.25, 0.3) is 10.9 Å². The van der Waals surface area contributed by atoms with Crippen LogP contribution in [0.15, 0.2) is 51.1 Å². The number of halogens is 1. The Morgan fingerprint density at radius 3 is 2.68 bits per heavy atom. The second-order valence-corrected chi connectivity index (χ2v) is 13.5. The molecular formula is C27H28ClN7O4S2. The van der Waals surface area contributed by atoms with Gasteiger partial charge in [-0.15, -0.1) is 11.3 Å². The Kier molecular flexibility index (Phi) is 7.17. The van der Waals surface area contributed by atoms with Gasteiger partial charge in [0.2, 0.25) is 0 Å². The molecule has 1 saturated heterocycles. The zero-order chi connectivity index (χ0) is 28.9. The van der Waals surface area contributed by atoms with E-state index in [4.69, 9.17) is 11.6 Å². The number of hydrogen-bond donors (Lipinski definition) is 3. The molecule has 11 nitrogen and oxygen atoms in total. The van der Waals surface area contributed by atoms with Gasteiger partial charge >= 0.3 is 6.09 Å². The summed E-state index contributed by atoms with van der Waals surface area (Å²) in [6.45, 7) is 4.81. The molecule has 4 aromatic rings. The zero-order valence-corrected chi connectivity index (χ0v) is 24.8. The lowest BCUT2D eigenvalue weighted by molar-refractivity contribution is 0.0603. The summed E-state index contributed by atoms with van der Waals surface area (Å²) in [6.07, 6.45) is 6.22. The van der Waals surface area contributed by atoms with E-state index in [1.807, 2.05) is 0 Å². The van der Waals surface area contributed by atoms with Crippen LogP contribution in [0.1, 0.15) is 43.3 Å². The number of anilines is 1. The number of carbonyl (C=O) groups is 1. The van der Waals surface area contributed by atoms with E-state index < -0.39 is 11.7 Å². The topological polar surface area (TPSA) is 146 Å². The van der Waals surface area contributed by atoms with Crippen LogP contribution in [-0.4, -0.2) is 59.5 Å². The third-order valence-corrected chi connectivity index (χ3v) is 10.1. The Hall–Kier alpha value is -3.26. The van der Waals surface area contributed by atoms with E-state index in [1.165, 1.54) is 34.0 Å². The minimum Gasteiger partial charge on any atom is -0.465 e. The first-order valence-corrected chi connectivity index (χ1v) is 15.2. The predicted molar refractivity (Wildman–Crippen MR) is 157 cm³/mol. The number of hydrogen-bond acceptors (Lipinski definition) is 10. The number of thiazole rings is 1. The van der Waals surface area contributed by atoms with Gasteiger partial charge in [0.1, 0.15) is 10.8 Å². The third-order valence-electron chi connectivity index (χ3n) is 7.70. The molecule has 0 saturated carbocycles. The van der Waals surface area contributed by atoms with Gasteiger partial charge in [-0.3, -0.25) is 9.36 Å².